The molecule has 0 aromatic heterocycles. The molecule has 0 heterocycles. The molecule has 0 radical (unpaired) electrons. The number of halogens is 2. The van der Waals surface area contributed by atoms with Crippen molar-refractivity contribution in [3.63, 3.8) is 0 Å². The Bertz CT molecular complexity index is 584. The zero-order valence-corrected chi connectivity index (χ0v) is 12.7. The molecule has 0 aliphatic carbocycles. The van der Waals surface area contributed by atoms with Crippen molar-refractivity contribution in [1.82, 2.24) is 5.32 Å². The third-order valence-electron chi connectivity index (χ3n) is 3.53. The van der Waals surface area contributed by atoms with Crippen LogP contribution in [0.5, 0.6) is 0 Å². The van der Waals surface area contributed by atoms with Crippen LogP contribution in [-0.4, -0.2) is 11.7 Å². The Balaban J connectivity index is 1.85. The Labute approximate surface area is 129 Å². The molecule has 4 heteroatoms. The maximum atomic E-state index is 13.5. The van der Waals surface area contributed by atoms with Crippen molar-refractivity contribution in [2.24, 2.45) is 0 Å². The topological polar surface area (TPSA) is 32.3 Å². The molecule has 21 heavy (non-hydrogen) atoms. The zero-order chi connectivity index (χ0) is 15.3. The van der Waals surface area contributed by atoms with Gasteiger partial charge >= 0.3 is 0 Å². The first kappa shape index (κ1) is 16.0. The third-order valence-corrected chi connectivity index (χ3v) is 3.78. The van der Waals surface area contributed by atoms with Gasteiger partial charge in [0.15, 0.2) is 0 Å². The van der Waals surface area contributed by atoms with Crippen molar-refractivity contribution in [2.75, 3.05) is 6.54 Å². The predicted molar refractivity (Wildman–Crippen MR) is 83.7 cm³/mol. The van der Waals surface area contributed by atoms with E-state index in [-0.39, 0.29) is 5.82 Å². The summed E-state index contributed by atoms with van der Waals surface area (Å²) in [6, 6.07) is 13.8. The molecule has 0 saturated heterocycles. The first-order valence-electron chi connectivity index (χ1n) is 6.91. The van der Waals surface area contributed by atoms with Crippen LogP contribution in [-0.2, 0) is 12.1 Å². The van der Waals surface area contributed by atoms with Crippen LogP contribution in [0.2, 0.25) is 5.02 Å². The van der Waals surface area contributed by atoms with Crippen LogP contribution < -0.4 is 5.32 Å². The second-order valence-corrected chi connectivity index (χ2v) is 5.74. The van der Waals surface area contributed by atoms with Gasteiger partial charge in [0.2, 0.25) is 0 Å². The fourth-order valence-electron chi connectivity index (χ4n) is 2.15. The summed E-state index contributed by atoms with van der Waals surface area (Å²) in [7, 11) is 0. The van der Waals surface area contributed by atoms with Gasteiger partial charge in [-0.25, -0.2) is 4.39 Å². The molecular weight excluding hydrogens is 289 g/mol. The molecule has 112 valence electrons. The average Bonchev–Trinajstić information content (AvgIpc) is 2.46. The molecule has 2 rings (SSSR count). The van der Waals surface area contributed by atoms with E-state index in [4.69, 9.17) is 11.6 Å². The fraction of sp³-hybridized carbons (Fsp3) is 0.294. The summed E-state index contributed by atoms with van der Waals surface area (Å²) in [6.45, 7) is 2.80. The summed E-state index contributed by atoms with van der Waals surface area (Å²) < 4.78 is 13.5. The van der Waals surface area contributed by atoms with Gasteiger partial charge in [-0.3, -0.25) is 0 Å². The first-order chi connectivity index (χ1) is 9.99. The minimum Gasteiger partial charge on any atom is -0.385 e. The van der Waals surface area contributed by atoms with Gasteiger partial charge in [0.1, 0.15) is 5.82 Å². The SMILES string of the molecule is CC(O)(CCNCc1ccccc1F)c1ccc(Cl)cc1. The summed E-state index contributed by atoms with van der Waals surface area (Å²) in [5.74, 6) is -0.213. The minimum atomic E-state index is -0.938. The number of hydrogen-bond acceptors (Lipinski definition) is 2. The molecule has 2 aromatic carbocycles. The summed E-state index contributed by atoms with van der Waals surface area (Å²) in [5, 5.41) is 14.3. The van der Waals surface area contributed by atoms with Gasteiger partial charge in [-0.2, -0.15) is 0 Å². The van der Waals surface area contributed by atoms with Crippen LogP contribution in [0.1, 0.15) is 24.5 Å². The Morgan fingerprint density at radius 3 is 2.48 bits per heavy atom. The normalized spacial score (nSPS) is 13.9. The van der Waals surface area contributed by atoms with Crippen molar-refractivity contribution in [3.8, 4) is 0 Å². The smallest absolute Gasteiger partial charge is 0.127 e. The molecule has 0 amide bonds. The summed E-state index contributed by atoms with van der Waals surface area (Å²) >= 11 is 5.84. The molecule has 1 atom stereocenters. The minimum absolute atomic E-state index is 0.213. The van der Waals surface area contributed by atoms with E-state index >= 15 is 0 Å². The van der Waals surface area contributed by atoms with E-state index in [1.165, 1.54) is 6.07 Å². The molecule has 0 aliphatic rings. The fourth-order valence-corrected chi connectivity index (χ4v) is 2.28. The van der Waals surface area contributed by atoms with Gasteiger partial charge in [-0.15, -0.1) is 0 Å². The van der Waals surface area contributed by atoms with E-state index in [0.717, 1.165) is 5.56 Å². The third kappa shape index (κ3) is 4.53. The molecule has 0 fully saturated rings. The van der Waals surface area contributed by atoms with Crippen LogP contribution in [0.4, 0.5) is 4.39 Å². The van der Waals surface area contributed by atoms with Crippen LogP contribution in [0.15, 0.2) is 48.5 Å². The maximum Gasteiger partial charge on any atom is 0.127 e. The van der Waals surface area contributed by atoms with Crippen LogP contribution in [0.25, 0.3) is 0 Å². The second kappa shape index (κ2) is 7.03. The van der Waals surface area contributed by atoms with Gasteiger partial charge in [-0.1, -0.05) is 41.9 Å². The van der Waals surface area contributed by atoms with Crippen LogP contribution in [0.3, 0.4) is 0 Å². The highest BCUT2D eigenvalue weighted by atomic mass is 35.5. The highest BCUT2D eigenvalue weighted by Gasteiger charge is 2.22. The summed E-state index contributed by atoms with van der Waals surface area (Å²) in [4.78, 5) is 0. The second-order valence-electron chi connectivity index (χ2n) is 5.30. The molecule has 0 aliphatic heterocycles. The quantitative estimate of drug-likeness (QED) is 0.794. The molecule has 2 N–H and O–H groups in total. The highest BCUT2D eigenvalue weighted by molar-refractivity contribution is 6.30. The lowest BCUT2D eigenvalue weighted by molar-refractivity contribution is 0.0479. The summed E-state index contributed by atoms with van der Waals surface area (Å²) in [6.07, 6.45) is 0.531. The Morgan fingerprint density at radius 1 is 1.14 bits per heavy atom. The number of rotatable bonds is 6. The first-order valence-corrected chi connectivity index (χ1v) is 7.29. The maximum absolute atomic E-state index is 13.5. The van der Waals surface area contributed by atoms with Gasteiger partial charge in [0.25, 0.3) is 0 Å². The molecular formula is C17H19ClFNO. The zero-order valence-electron chi connectivity index (χ0n) is 11.9. The largest absolute Gasteiger partial charge is 0.385 e. The van der Waals surface area contributed by atoms with Crippen molar-refractivity contribution in [3.05, 3.63) is 70.5 Å². The van der Waals surface area contributed by atoms with E-state index in [1.807, 2.05) is 18.2 Å². The van der Waals surface area contributed by atoms with Crippen molar-refractivity contribution in [2.45, 2.75) is 25.5 Å². The average molecular weight is 308 g/mol. The van der Waals surface area contributed by atoms with Crippen LogP contribution >= 0.6 is 11.6 Å². The van der Waals surface area contributed by atoms with E-state index in [9.17, 15) is 9.50 Å². The van der Waals surface area contributed by atoms with E-state index in [2.05, 4.69) is 5.32 Å². The summed E-state index contributed by atoms with van der Waals surface area (Å²) in [5.41, 5.74) is 0.510. The van der Waals surface area contributed by atoms with Gasteiger partial charge in [0, 0.05) is 17.1 Å². The number of benzene rings is 2. The monoisotopic (exact) mass is 307 g/mol. The molecule has 1 unspecified atom stereocenters. The van der Waals surface area contributed by atoms with Crippen molar-refractivity contribution in [1.29, 1.82) is 0 Å². The molecule has 0 spiro atoms. The number of aliphatic hydroxyl groups is 1. The van der Waals surface area contributed by atoms with Crippen LogP contribution in [0, 0.1) is 5.82 Å². The molecule has 2 aromatic rings. The Hall–Kier alpha value is -1.42. The standard InChI is InChI=1S/C17H19ClFNO/c1-17(21,14-6-8-15(18)9-7-14)10-11-20-12-13-4-2-3-5-16(13)19/h2-9,20-21H,10-12H2,1H3. The number of nitrogens with one attached hydrogen (secondary N) is 1. The van der Waals surface area contributed by atoms with E-state index < -0.39 is 5.60 Å². The Morgan fingerprint density at radius 2 is 1.81 bits per heavy atom. The van der Waals surface area contributed by atoms with Crippen molar-refractivity contribution >= 4 is 11.6 Å². The van der Waals surface area contributed by atoms with Gasteiger partial charge < -0.3 is 10.4 Å². The lowest BCUT2D eigenvalue weighted by Gasteiger charge is -2.24. The number of hydrogen-bond donors (Lipinski definition) is 2. The van der Waals surface area contributed by atoms with E-state index in [0.29, 0.717) is 30.1 Å². The lowest BCUT2D eigenvalue weighted by atomic mass is 9.92. The van der Waals surface area contributed by atoms with Gasteiger partial charge in [-0.05, 0) is 43.7 Å². The van der Waals surface area contributed by atoms with Gasteiger partial charge in [0.05, 0.1) is 5.60 Å². The molecule has 2 nitrogen and oxygen atoms in total. The molecule has 0 saturated carbocycles. The predicted octanol–water partition coefficient (Wildman–Crippen LogP) is 3.87. The van der Waals surface area contributed by atoms with E-state index in [1.54, 1.807) is 31.2 Å². The lowest BCUT2D eigenvalue weighted by Crippen LogP contribution is -2.27. The van der Waals surface area contributed by atoms with Crippen molar-refractivity contribution < 1.29 is 9.50 Å². The molecule has 0 bridgehead atoms. The Kier molecular flexibility index (Phi) is 5.34. The highest BCUT2D eigenvalue weighted by Crippen LogP contribution is 2.25.